The average Bonchev–Trinajstić information content (AvgIpc) is 2.65. The van der Waals surface area contributed by atoms with Crippen LogP contribution in [0.1, 0.15) is 28.0 Å². The highest BCUT2D eigenvalue weighted by molar-refractivity contribution is 6.02. The maximum atomic E-state index is 12.6. The van der Waals surface area contributed by atoms with Crippen molar-refractivity contribution < 1.29 is 9.90 Å². The molecule has 1 aliphatic heterocycles. The monoisotopic (exact) mass is 272 g/mol. The molecule has 20 heavy (non-hydrogen) atoms. The largest absolute Gasteiger partial charge is 0.395 e. The number of amides is 1. The lowest BCUT2D eigenvalue weighted by Crippen LogP contribution is -2.28. The number of hydrogen-bond donors (Lipinski definition) is 1. The fourth-order valence-corrected chi connectivity index (χ4v) is 3.26. The highest BCUT2D eigenvalue weighted by atomic mass is 16.3. The number of fused-ring (bicyclic) bond motifs is 3. The van der Waals surface area contributed by atoms with Gasteiger partial charge in [-0.05, 0) is 30.9 Å². The molecule has 4 heteroatoms. The van der Waals surface area contributed by atoms with Gasteiger partial charge in [0.25, 0.3) is 5.91 Å². The average molecular weight is 272 g/mol. The molecule has 0 saturated carbocycles. The molecule has 0 radical (unpaired) electrons. The lowest BCUT2D eigenvalue weighted by Gasteiger charge is -2.16. The zero-order valence-electron chi connectivity index (χ0n) is 12.0. The van der Waals surface area contributed by atoms with Crippen molar-refractivity contribution in [1.82, 2.24) is 9.47 Å². The van der Waals surface area contributed by atoms with E-state index in [2.05, 4.69) is 19.1 Å². The van der Waals surface area contributed by atoms with Gasteiger partial charge >= 0.3 is 0 Å². The van der Waals surface area contributed by atoms with E-state index in [-0.39, 0.29) is 12.5 Å². The molecule has 0 aliphatic carbocycles. The summed E-state index contributed by atoms with van der Waals surface area (Å²) in [4.78, 5) is 14.4. The summed E-state index contributed by atoms with van der Waals surface area (Å²) in [6.45, 7) is 3.36. The molecular weight excluding hydrogens is 252 g/mol. The fourth-order valence-electron chi connectivity index (χ4n) is 3.26. The third kappa shape index (κ3) is 1.83. The number of aliphatic hydroxyl groups is 1. The maximum absolute atomic E-state index is 12.6. The van der Waals surface area contributed by atoms with Gasteiger partial charge in [-0.1, -0.05) is 18.2 Å². The summed E-state index contributed by atoms with van der Waals surface area (Å²) in [5, 5.41) is 10.5. The lowest BCUT2D eigenvalue weighted by atomic mass is 10.0. The van der Waals surface area contributed by atoms with Crippen molar-refractivity contribution in [2.75, 3.05) is 20.2 Å². The third-order valence-corrected chi connectivity index (χ3v) is 4.18. The number of hydrogen-bond acceptors (Lipinski definition) is 2. The first-order valence-electron chi connectivity index (χ1n) is 7.12. The van der Waals surface area contributed by atoms with Crippen molar-refractivity contribution in [2.45, 2.75) is 26.3 Å². The summed E-state index contributed by atoms with van der Waals surface area (Å²) >= 11 is 0. The SMILES string of the molecule is Cc1cccc2c3c(n(CCO)c12)C(=O)N(C)CCC3. The van der Waals surface area contributed by atoms with E-state index in [4.69, 9.17) is 0 Å². The van der Waals surface area contributed by atoms with Gasteiger partial charge in [0.1, 0.15) is 5.69 Å². The van der Waals surface area contributed by atoms with Crippen LogP contribution in [0.3, 0.4) is 0 Å². The van der Waals surface area contributed by atoms with Crippen molar-refractivity contribution in [1.29, 1.82) is 0 Å². The maximum Gasteiger partial charge on any atom is 0.270 e. The minimum Gasteiger partial charge on any atom is -0.395 e. The molecule has 3 rings (SSSR count). The smallest absolute Gasteiger partial charge is 0.270 e. The Morgan fingerprint density at radius 3 is 2.90 bits per heavy atom. The second kappa shape index (κ2) is 4.94. The third-order valence-electron chi connectivity index (χ3n) is 4.18. The molecule has 106 valence electrons. The molecule has 0 spiro atoms. The molecule has 2 aromatic rings. The topological polar surface area (TPSA) is 45.5 Å². The van der Waals surface area contributed by atoms with Gasteiger partial charge in [-0.25, -0.2) is 0 Å². The normalized spacial score (nSPS) is 15.6. The number of rotatable bonds is 2. The van der Waals surface area contributed by atoms with Crippen molar-refractivity contribution in [3.05, 3.63) is 35.0 Å². The van der Waals surface area contributed by atoms with E-state index in [1.54, 1.807) is 4.90 Å². The molecule has 0 unspecified atom stereocenters. The Kier molecular flexibility index (Phi) is 3.26. The van der Waals surface area contributed by atoms with Crippen molar-refractivity contribution in [3.8, 4) is 0 Å². The minimum atomic E-state index is 0.0432. The molecular formula is C16H20N2O2. The standard InChI is InChI=1S/C16H20N2O2/c1-11-5-3-6-12-13-7-4-8-17(2)16(20)15(13)18(9-10-19)14(11)12/h3,5-6,19H,4,7-10H2,1-2H3. The van der Waals surface area contributed by atoms with Crippen LogP contribution in [-0.2, 0) is 13.0 Å². The summed E-state index contributed by atoms with van der Waals surface area (Å²) < 4.78 is 2.00. The summed E-state index contributed by atoms with van der Waals surface area (Å²) in [6, 6.07) is 6.19. The zero-order chi connectivity index (χ0) is 14.3. The van der Waals surface area contributed by atoms with Gasteiger partial charge < -0.3 is 14.6 Å². The van der Waals surface area contributed by atoms with E-state index in [9.17, 15) is 9.90 Å². The molecule has 1 amide bonds. The van der Waals surface area contributed by atoms with E-state index in [1.165, 1.54) is 0 Å². The van der Waals surface area contributed by atoms with Crippen molar-refractivity contribution in [3.63, 3.8) is 0 Å². The minimum absolute atomic E-state index is 0.0432. The van der Waals surface area contributed by atoms with E-state index < -0.39 is 0 Å². The van der Waals surface area contributed by atoms with Crippen molar-refractivity contribution in [2.24, 2.45) is 0 Å². The Balaban J connectivity index is 2.36. The van der Waals surface area contributed by atoms with Crippen LogP contribution in [0.15, 0.2) is 18.2 Å². The predicted molar refractivity (Wildman–Crippen MR) is 79.0 cm³/mol. The molecule has 1 aromatic heterocycles. The summed E-state index contributed by atoms with van der Waals surface area (Å²) in [5.41, 5.74) is 4.16. The Morgan fingerprint density at radius 1 is 1.35 bits per heavy atom. The molecule has 2 heterocycles. The fraction of sp³-hybridized carbons (Fsp3) is 0.438. The number of nitrogens with zero attached hydrogens (tertiary/aromatic N) is 2. The summed E-state index contributed by atoms with van der Waals surface area (Å²) in [6.07, 6.45) is 1.91. The second-order valence-corrected chi connectivity index (χ2v) is 5.50. The van der Waals surface area contributed by atoms with Crippen LogP contribution in [0.5, 0.6) is 0 Å². The highest BCUT2D eigenvalue weighted by Crippen LogP contribution is 2.32. The van der Waals surface area contributed by atoms with E-state index in [0.29, 0.717) is 6.54 Å². The number of carbonyl (C=O) groups is 1. The van der Waals surface area contributed by atoms with Crippen LogP contribution in [0, 0.1) is 6.92 Å². The second-order valence-electron chi connectivity index (χ2n) is 5.50. The van der Waals surface area contributed by atoms with Crippen molar-refractivity contribution >= 4 is 16.8 Å². The van der Waals surface area contributed by atoms with Gasteiger partial charge in [0.15, 0.2) is 0 Å². The van der Waals surface area contributed by atoms with Crippen LogP contribution in [0.2, 0.25) is 0 Å². The highest BCUT2D eigenvalue weighted by Gasteiger charge is 2.27. The van der Waals surface area contributed by atoms with Crippen LogP contribution in [0.25, 0.3) is 10.9 Å². The molecule has 0 atom stereocenters. The van der Waals surface area contributed by atoms with Crippen LogP contribution < -0.4 is 0 Å². The molecule has 0 bridgehead atoms. The number of aliphatic hydroxyl groups excluding tert-OH is 1. The van der Waals surface area contributed by atoms with Crippen LogP contribution in [-0.4, -0.2) is 40.7 Å². The molecule has 1 aliphatic rings. The van der Waals surface area contributed by atoms with Gasteiger partial charge in [0.2, 0.25) is 0 Å². The summed E-state index contributed by atoms with van der Waals surface area (Å²) in [7, 11) is 1.85. The summed E-state index contributed by atoms with van der Waals surface area (Å²) in [5.74, 6) is 0.0709. The quantitative estimate of drug-likeness (QED) is 0.908. The first kappa shape index (κ1) is 13.2. The number of para-hydroxylation sites is 1. The lowest BCUT2D eigenvalue weighted by molar-refractivity contribution is 0.0789. The van der Waals surface area contributed by atoms with Gasteiger partial charge in [-0.15, -0.1) is 0 Å². The number of carbonyl (C=O) groups excluding carboxylic acids is 1. The van der Waals surface area contributed by atoms with Gasteiger partial charge in [-0.3, -0.25) is 4.79 Å². The molecule has 0 fully saturated rings. The van der Waals surface area contributed by atoms with Gasteiger partial charge in [-0.2, -0.15) is 0 Å². The van der Waals surface area contributed by atoms with E-state index in [0.717, 1.165) is 47.1 Å². The number of aromatic nitrogens is 1. The molecule has 1 aromatic carbocycles. The first-order valence-corrected chi connectivity index (χ1v) is 7.12. The number of aryl methyl sites for hydroxylation is 2. The zero-order valence-corrected chi connectivity index (χ0v) is 12.0. The Bertz CT molecular complexity index is 673. The predicted octanol–water partition coefficient (Wildman–Crippen LogP) is 1.96. The Hall–Kier alpha value is -1.81. The van der Waals surface area contributed by atoms with Crippen LogP contribution in [0.4, 0.5) is 0 Å². The molecule has 0 saturated heterocycles. The molecule has 1 N–H and O–H groups in total. The van der Waals surface area contributed by atoms with E-state index in [1.807, 2.05) is 17.7 Å². The Morgan fingerprint density at radius 2 is 2.15 bits per heavy atom. The van der Waals surface area contributed by atoms with Gasteiger partial charge in [0, 0.05) is 25.5 Å². The van der Waals surface area contributed by atoms with Crippen LogP contribution >= 0.6 is 0 Å². The Labute approximate surface area is 118 Å². The molecule has 4 nitrogen and oxygen atoms in total. The number of benzene rings is 1. The first-order chi connectivity index (χ1) is 9.65. The van der Waals surface area contributed by atoms with E-state index >= 15 is 0 Å². The van der Waals surface area contributed by atoms with Gasteiger partial charge in [0.05, 0.1) is 12.1 Å².